The van der Waals surface area contributed by atoms with Crippen LogP contribution in [0, 0.1) is 0 Å². The van der Waals surface area contributed by atoms with Gasteiger partial charge in [0.2, 0.25) is 0 Å². The Balaban J connectivity index is 2.22. The van der Waals surface area contributed by atoms with Gasteiger partial charge in [-0.1, -0.05) is 17.7 Å². The number of benzene rings is 1. The van der Waals surface area contributed by atoms with E-state index in [9.17, 15) is 0 Å². The largest absolute Gasteiger partial charge is 0.492 e. The monoisotopic (exact) mass is 240 g/mol. The number of piperazine rings is 1. The first-order chi connectivity index (χ1) is 7.83. The molecule has 1 aromatic rings. The molecule has 1 fully saturated rings. The van der Waals surface area contributed by atoms with Crippen LogP contribution in [0.3, 0.4) is 0 Å². The molecular formula is C12H17ClN2O. The molecule has 3 nitrogen and oxygen atoms in total. The van der Waals surface area contributed by atoms with Crippen LogP contribution < -0.4 is 15.0 Å². The van der Waals surface area contributed by atoms with E-state index in [4.69, 9.17) is 16.3 Å². The first kappa shape index (κ1) is 11.6. The van der Waals surface area contributed by atoms with Crippen LogP contribution in [0.15, 0.2) is 18.2 Å². The first-order valence-electron chi connectivity index (χ1n) is 5.70. The minimum Gasteiger partial charge on any atom is -0.492 e. The smallest absolute Gasteiger partial charge is 0.139 e. The summed E-state index contributed by atoms with van der Waals surface area (Å²) in [7, 11) is 0. The molecule has 0 spiro atoms. The summed E-state index contributed by atoms with van der Waals surface area (Å²) in [6.07, 6.45) is 0. The lowest BCUT2D eigenvalue weighted by Crippen LogP contribution is -2.43. The summed E-state index contributed by atoms with van der Waals surface area (Å²) >= 11 is 6.33. The third-order valence-electron chi connectivity index (χ3n) is 2.70. The van der Waals surface area contributed by atoms with Gasteiger partial charge in [0.1, 0.15) is 10.8 Å². The second-order valence-corrected chi connectivity index (χ2v) is 4.14. The Morgan fingerprint density at radius 1 is 1.38 bits per heavy atom. The van der Waals surface area contributed by atoms with E-state index < -0.39 is 0 Å². The molecule has 0 saturated carbocycles. The highest BCUT2D eigenvalue weighted by molar-refractivity contribution is 6.34. The van der Waals surface area contributed by atoms with Gasteiger partial charge in [-0.05, 0) is 19.1 Å². The van der Waals surface area contributed by atoms with Crippen molar-refractivity contribution in [2.75, 3.05) is 37.7 Å². The summed E-state index contributed by atoms with van der Waals surface area (Å²) < 4.78 is 5.49. The van der Waals surface area contributed by atoms with E-state index in [0.29, 0.717) is 6.61 Å². The second kappa shape index (κ2) is 5.41. The molecule has 1 aromatic carbocycles. The van der Waals surface area contributed by atoms with E-state index in [1.807, 2.05) is 19.1 Å². The van der Waals surface area contributed by atoms with Gasteiger partial charge in [0.25, 0.3) is 0 Å². The van der Waals surface area contributed by atoms with Crippen molar-refractivity contribution in [1.29, 1.82) is 0 Å². The zero-order chi connectivity index (χ0) is 11.4. The fourth-order valence-electron chi connectivity index (χ4n) is 1.92. The molecule has 4 heteroatoms. The van der Waals surface area contributed by atoms with E-state index in [1.54, 1.807) is 0 Å². The maximum absolute atomic E-state index is 6.33. The lowest BCUT2D eigenvalue weighted by Gasteiger charge is -2.30. The highest BCUT2D eigenvalue weighted by atomic mass is 35.5. The molecule has 0 unspecified atom stereocenters. The molecule has 2 rings (SSSR count). The quantitative estimate of drug-likeness (QED) is 0.876. The summed E-state index contributed by atoms with van der Waals surface area (Å²) in [6.45, 7) is 6.62. The third-order valence-corrected chi connectivity index (χ3v) is 3.08. The lowest BCUT2D eigenvalue weighted by molar-refractivity contribution is 0.340. The average Bonchev–Trinajstić information content (AvgIpc) is 2.33. The highest BCUT2D eigenvalue weighted by Gasteiger charge is 2.15. The van der Waals surface area contributed by atoms with Crippen LogP contribution in [0.1, 0.15) is 6.92 Å². The number of rotatable bonds is 3. The fourth-order valence-corrected chi connectivity index (χ4v) is 2.22. The number of halogens is 1. The number of ether oxygens (including phenoxy) is 1. The zero-order valence-corrected chi connectivity index (χ0v) is 10.3. The Kier molecular flexibility index (Phi) is 3.91. The predicted octanol–water partition coefficient (Wildman–Crippen LogP) is 2.15. The molecule has 1 N–H and O–H groups in total. The number of anilines is 1. The van der Waals surface area contributed by atoms with E-state index in [0.717, 1.165) is 42.6 Å². The van der Waals surface area contributed by atoms with E-state index in [1.165, 1.54) is 0 Å². The van der Waals surface area contributed by atoms with Crippen LogP contribution in [0.2, 0.25) is 5.02 Å². The van der Waals surface area contributed by atoms with Crippen LogP contribution >= 0.6 is 11.6 Å². The predicted molar refractivity (Wildman–Crippen MR) is 67.7 cm³/mol. The van der Waals surface area contributed by atoms with Gasteiger partial charge in [0.05, 0.1) is 12.3 Å². The molecule has 0 bridgehead atoms. The molecule has 1 saturated heterocycles. The standard InChI is InChI=1S/C12H17ClN2O/c1-2-16-11-5-3-4-10(12(11)13)15-8-6-14-7-9-15/h3-5,14H,2,6-9H2,1H3. The van der Waals surface area contributed by atoms with Crippen molar-refractivity contribution in [1.82, 2.24) is 5.32 Å². The molecule has 1 aliphatic rings. The minimum absolute atomic E-state index is 0.644. The van der Waals surface area contributed by atoms with E-state index >= 15 is 0 Å². The van der Waals surface area contributed by atoms with Crippen molar-refractivity contribution in [2.24, 2.45) is 0 Å². The fraction of sp³-hybridized carbons (Fsp3) is 0.500. The van der Waals surface area contributed by atoms with Crippen molar-refractivity contribution in [3.05, 3.63) is 23.2 Å². The lowest BCUT2D eigenvalue weighted by atomic mass is 10.2. The topological polar surface area (TPSA) is 24.5 Å². The van der Waals surface area contributed by atoms with Crippen LogP contribution in [0.5, 0.6) is 5.75 Å². The SMILES string of the molecule is CCOc1cccc(N2CCNCC2)c1Cl. The van der Waals surface area contributed by atoms with E-state index in [-0.39, 0.29) is 0 Å². The summed E-state index contributed by atoms with van der Waals surface area (Å²) in [5, 5.41) is 4.06. The number of hydrogen-bond acceptors (Lipinski definition) is 3. The zero-order valence-electron chi connectivity index (χ0n) is 9.50. The normalized spacial score (nSPS) is 16.2. The Hall–Kier alpha value is -0.930. The third kappa shape index (κ3) is 2.42. The summed E-state index contributed by atoms with van der Waals surface area (Å²) in [4.78, 5) is 2.29. The number of hydrogen-bond donors (Lipinski definition) is 1. The Labute approximate surface area is 101 Å². The Morgan fingerprint density at radius 2 is 2.12 bits per heavy atom. The Bertz CT molecular complexity index is 351. The van der Waals surface area contributed by atoms with Gasteiger partial charge in [-0.25, -0.2) is 0 Å². The summed E-state index contributed by atoms with van der Waals surface area (Å²) in [5.41, 5.74) is 1.08. The Morgan fingerprint density at radius 3 is 2.81 bits per heavy atom. The average molecular weight is 241 g/mol. The van der Waals surface area contributed by atoms with Crippen molar-refractivity contribution in [3.8, 4) is 5.75 Å². The molecule has 16 heavy (non-hydrogen) atoms. The molecule has 1 aliphatic heterocycles. The van der Waals surface area contributed by atoms with Gasteiger partial charge in [-0.15, -0.1) is 0 Å². The van der Waals surface area contributed by atoms with Crippen LogP contribution in [-0.4, -0.2) is 32.8 Å². The van der Waals surface area contributed by atoms with Gasteiger partial charge >= 0.3 is 0 Å². The number of nitrogens with zero attached hydrogens (tertiary/aromatic N) is 1. The van der Waals surface area contributed by atoms with Crippen molar-refractivity contribution in [3.63, 3.8) is 0 Å². The van der Waals surface area contributed by atoms with E-state index in [2.05, 4.69) is 16.3 Å². The molecule has 0 radical (unpaired) electrons. The van der Waals surface area contributed by atoms with Gasteiger partial charge in [-0.3, -0.25) is 0 Å². The van der Waals surface area contributed by atoms with Gasteiger partial charge in [0, 0.05) is 26.2 Å². The second-order valence-electron chi connectivity index (χ2n) is 3.76. The highest BCUT2D eigenvalue weighted by Crippen LogP contribution is 2.34. The maximum Gasteiger partial charge on any atom is 0.139 e. The molecule has 1 heterocycles. The van der Waals surface area contributed by atoms with Crippen molar-refractivity contribution in [2.45, 2.75) is 6.92 Å². The maximum atomic E-state index is 6.33. The molecule has 88 valence electrons. The van der Waals surface area contributed by atoms with Gasteiger partial charge < -0.3 is 15.0 Å². The molecular weight excluding hydrogens is 224 g/mol. The summed E-state index contributed by atoms with van der Waals surface area (Å²) in [5.74, 6) is 0.778. The van der Waals surface area contributed by atoms with Crippen LogP contribution in [0.25, 0.3) is 0 Å². The summed E-state index contributed by atoms with van der Waals surface area (Å²) in [6, 6.07) is 5.96. The van der Waals surface area contributed by atoms with Gasteiger partial charge in [-0.2, -0.15) is 0 Å². The first-order valence-corrected chi connectivity index (χ1v) is 6.07. The van der Waals surface area contributed by atoms with Gasteiger partial charge in [0.15, 0.2) is 0 Å². The molecule has 0 aromatic heterocycles. The van der Waals surface area contributed by atoms with Crippen LogP contribution in [0.4, 0.5) is 5.69 Å². The van der Waals surface area contributed by atoms with Crippen LogP contribution in [-0.2, 0) is 0 Å². The molecule has 0 amide bonds. The molecule has 0 aliphatic carbocycles. The van der Waals surface area contributed by atoms with Crippen molar-refractivity contribution >= 4 is 17.3 Å². The van der Waals surface area contributed by atoms with Crippen molar-refractivity contribution < 1.29 is 4.74 Å². The minimum atomic E-state index is 0.644. The molecule has 0 atom stereocenters. The number of nitrogens with one attached hydrogen (secondary N) is 1.